The lowest BCUT2D eigenvalue weighted by Crippen LogP contribution is -2.26. The van der Waals surface area contributed by atoms with Crippen LogP contribution in [0.3, 0.4) is 0 Å². The van der Waals surface area contributed by atoms with Gasteiger partial charge in [0, 0.05) is 19.0 Å². The summed E-state index contributed by atoms with van der Waals surface area (Å²) in [7, 11) is -4.06. The number of aromatic nitrogens is 2. The number of nitro benzene ring substituents is 1. The van der Waals surface area contributed by atoms with Crippen LogP contribution in [0, 0.1) is 10.1 Å². The van der Waals surface area contributed by atoms with Gasteiger partial charge in [0.25, 0.3) is 5.69 Å². The molecule has 0 unspecified atom stereocenters. The maximum absolute atomic E-state index is 12.4. The third kappa shape index (κ3) is 6.33. The van der Waals surface area contributed by atoms with Gasteiger partial charge in [0.15, 0.2) is 4.90 Å². The lowest BCUT2D eigenvalue weighted by Gasteiger charge is -2.10. The van der Waals surface area contributed by atoms with E-state index in [-0.39, 0.29) is 44.1 Å². The van der Waals surface area contributed by atoms with Gasteiger partial charge >= 0.3 is 5.97 Å². The number of sulfonamides is 1. The average molecular weight is 476 g/mol. The van der Waals surface area contributed by atoms with E-state index >= 15 is 0 Å². The Morgan fingerprint density at radius 1 is 1.18 bits per heavy atom. The second kappa shape index (κ2) is 10.7. The number of aliphatic carboxylic acids is 1. The van der Waals surface area contributed by atoms with Crippen molar-refractivity contribution in [1.82, 2.24) is 14.9 Å². The minimum atomic E-state index is -4.06. The van der Waals surface area contributed by atoms with Crippen LogP contribution >= 0.6 is 0 Å². The normalized spacial score (nSPS) is 11.3. The van der Waals surface area contributed by atoms with Gasteiger partial charge in [0.2, 0.25) is 21.7 Å². The molecule has 0 aliphatic carbocycles. The van der Waals surface area contributed by atoms with Crippen molar-refractivity contribution in [1.29, 1.82) is 0 Å². The van der Waals surface area contributed by atoms with Gasteiger partial charge in [-0.15, -0.1) is 0 Å². The molecule has 12 nitrogen and oxygen atoms in total. The number of hydrogen-bond donors (Lipinski definition) is 2. The van der Waals surface area contributed by atoms with Crippen LogP contribution in [-0.2, 0) is 21.2 Å². The molecule has 13 heteroatoms. The molecule has 0 atom stereocenters. The molecule has 0 bridgehead atoms. The fraction of sp³-hybridized carbons (Fsp3) is 0.250. The molecule has 2 N–H and O–H groups in total. The Kier molecular flexibility index (Phi) is 7.69. The molecule has 2 aromatic carbocycles. The van der Waals surface area contributed by atoms with E-state index in [1.807, 2.05) is 0 Å². The number of hydrogen-bond acceptors (Lipinski definition) is 9. The fourth-order valence-electron chi connectivity index (χ4n) is 2.83. The first-order valence-electron chi connectivity index (χ1n) is 9.77. The van der Waals surface area contributed by atoms with Gasteiger partial charge in [-0.05, 0) is 24.6 Å². The number of ether oxygens (including phenoxy) is 1. The molecular formula is C20H20N4O8S. The molecule has 0 aliphatic rings. The first kappa shape index (κ1) is 23.8. The summed E-state index contributed by atoms with van der Waals surface area (Å²) in [6.45, 7) is 0.137. The van der Waals surface area contributed by atoms with Gasteiger partial charge < -0.3 is 14.4 Å². The molecule has 0 fully saturated rings. The standard InChI is InChI=1S/C20H20N4O8S/c25-19(26)11-10-18-22-20(23-32-18)14-6-1-3-8-16(14)31-13-5-12-21-33(29,30)17-9-4-2-7-15(17)24(27)28/h1-4,6-9,21H,5,10-13H2,(H,25,26). The number of nitro groups is 1. The third-order valence-electron chi connectivity index (χ3n) is 4.37. The lowest BCUT2D eigenvalue weighted by atomic mass is 10.2. The summed E-state index contributed by atoms with van der Waals surface area (Å²) in [5.74, 6) is -0.115. The average Bonchev–Trinajstić information content (AvgIpc) is 3.26. The van der Waals surface area contributed by atoms with Crippen molar-refractivity contribution in [2.45, 2.75) is 24.2 Å². The zero-order valence-electron chi connectivity index (χ0n) is 17.2. The maximum Gasteiger partial charge on any atom is 0.303 e. The maximum atomic E-state index is 12.4. The summed E-state index contributed by atoms with van der Waals surface area (Å²) in [4.78, 5) is 24.8. The molecule has 0 saturated heterocycles. The summed E-state index contributed by atoms with van der Waals surface area (Å²) in [5.41, 5.74) is 0.0290. The van der Waals surface area contributed by atoms with Crippen molar-refractivity contribution in [3.63, 3.8) is 0 Å². The first-order valence-corrected chi connectivity index (χ1v) is 11.3. The Hall–Kier alpha value is -3.84. The van der Waals surface area contributed by atoms with Crippen molar-refractivity contribution in [3.05, 3.63) is 64.5 Å². The monoisotopic (exact) mass is 476 g/mol. The van der Waals surface area contributed by atoms with Gasteiger partial charge in [0.1, 0.15) is 5.75 Å². The Balaban J connectivity index is 1.57. The highest BCUT2D eigenvalue weighted by Crippen LogP contribution is 2.28. The third-order valence-corrected chi connectivity index (χ3v) is 5.88. The van der Waals surface area contributed by atoms with E-state index in [9.17, 15) is 23.3 Å². The highest BCUT2D eigenvalue weighted by Gasteiger charge is 2.24. The molecule has 1 heterocycles. The predicted octanol–water partition coefficient (Wildman–Crippen LogP) is 2.41. The summed E-state index contributed by atoms with van der Waals surface area (Å²) < 4.78 is 37.9. The van der Waals surface area contributed by atoms with E-state index in [0.717, 1.165) is 6.07 Å². The highest BCUT2D eigenvalue weighted by atomic mass is 32.2. The van der Waals surface area contributed by atoms with Gasteiger partial charge in [-0.25, -0.2) is 13.1 Å². The Labute approximate surface area is 188 Å². The van der Waals surface area contributed by atoms with E-state index in [1.54, 1.807) is 24.3 Å². The molecule has 0 spiro atoms. The molecule has 3 aromatic rings. The number of para-hydroxylation sites is 2. The molecule has 0 aliphatic heterocycles. The number of nitrogens with zero attached hydrogens (tertiary/aromatic N) is 3. The van der Waals surface area contributed by atoms with Crippen molar-refractivity contribution in [3.8, 4) is 17.1 Å². The Morgan fingerprint density at radius 2 is 1.91 bits per heavy atom. The molecule has 0 amide bonds. The van der Waals surface area contributed by atoms with E-state index in [0.29, 0.717) is 11.3 Å². The minimum absolute atomic E-state index is 0.00189. The first-order chi connectivity index (χ1) is 15.8. The smallest absolute Gasteiger partial charge is 0.303 e. The van der Waals surface area contributed by atoms with Crippen LogP contribution in [0.15, 0.2) is 57.9 Å². The Bertz CT molecular complexity index is 1240. The molecule has 1 aromatic heterocycles. The van der Waals surface area contributed by atoms with Crippen molar-refractivity contribution < 1.29 is 32.5 Å². The minimum Gasteiger partial charge on any atom is -0.493 e. The number of aryl methyl sites for hydroxylation is 1. The zero-order valence-corrected chi connectivity index (χ0v) is 18.0. The molecular weight excluding hydrogens is 456 g/mol. The van der Waals surface area contributed by atoms with Crippen LogP contribution in [-0.4, -0.2) is 47.7 Å². The van der Waals surface area contributed by atoms with Gasteiger partial charge in [-0.1, -0.05) is 29.4 Å². The van der Waals surface area contributed by atoms with Crippen LogP contribution in [0.1, 0.15) is 18.7 Å². The molecule has 174 valence electrons. The summed E-state index contributed by atoms with van der Waals surface area (Å²) in [6, 6.07) is 12.0. The van der Waals surface area contributed by atoms with E-state index in [1.165, 1.54) is 18.2 Å². The number of nitrogens with one attached hydrogen (secondary N) is 1. The summed E-state index contributed by atoms with van der Waals surface area (Å²) >= 11 is 0. The van der Waals surface area contributed by atoms with Crippen LogP contribution in [0.25, 0.3) is 11.4 Å². The number of rotatable bonds is 12. The van der Waals surface area contributed by atoms with Gasteiger partial charge in [-0.2, -0.15) is 4.98 Å². The molecule has 33 heavy (non-hydrogen) atoms. The van der Waals surface area contributed by atoms with E-state index in [2.05, 4.69) is 14.9 Å². The Morgan fingerprint density at radius 3 is 2.67 bits per heavy atom. The second-order valence-electron chi connectivity index (χ2n) is 6.73. The molecule has 0 saturated carbocycles. The number of benzene rings is 2. The molecule has 0 radical (unpaired) electrons. The van der Waals surface area contributed by atoms with Gasteiger partial charge in [0.05, 0.1) is 23.5 Å². The van der Waals surface area contributed by atoms with E-state index < -0.39 is 31.5 Å². The van der Waals surface area contributed by atoms with Crippen molar-refractivity contribution in [2.75, 3.05) is 13.2 Å². The van der Waals surface area contributed by atoms with E-state index in [4.69, 9.17) is 14.4 Å². The summed E-state index contributed by atoms with van der Waals surface area (Å²) in [6.07, 6.45) is 0.247. The lowest BCUT2D eigenvalue weighted by molar-refractivity contribution is -0.387. The second-order valence-corrected chi connectivity index (χ2v) is 8.46. The quantitative estimate of drug-likeness (QED) is 0.224. The molecule has 3 rings (SSSR count). The predicted molar refractivity (Wildman–Crippen MR) is 114 cm³/mol. The number of carbonyl (C=O) groups is 1. The van der Waals surface area contributed by atoms with Crippen molar-refractivity contribution in [2.24, 2.45) is 0 Å². The van der Waals surface area contributed by atoms with Crippen molar-refractivity contribution >= 4 is 21.7 Å². The largest absolute Gasteiger partial charge is 0.493 e. The van der Waals surface area contributed by atoms with Crippen LogP contribution < -0.4 is 9.46 Å². The van der Waals surface area contributed by atoms with Crippen LogP contribution in [0.5, 0.6) is 5.75 Å². The SMILES string of the molecule is O=C(O)CCc1nc(-c2ccccc2OCCCNS(=O)(=O)c2ccccc2[N+](=O)[O-])no1. The van der Waals surface area contributed by atoms with Crippen LogP contribution in [0.2, 0.25) is 0 Å². The highest BCUT2D eigenvalue weighted by molar-refractivity contribution is 7.89. The number of carboxylic acid groups (broad SMARTS) is 1. The summed E-state index contributed by atoms with van der Waals surface area (Å²) in [5, 5.41) is 23.7. The fourth-order valence-corrected chi connectivity index (χ4v) is 4.07. The van der Waals surface area contributed by atoms with Gasteiger partial charge in [-0.3, -0.25) is 14.9 Å². The number of carboxylic acids is 1. The van der Waals surface area contributed by atoms with Crippen LogP contribution in [0.4, 0.5) is 5.69 Å². The zero-order chi connectivity index (χ0) is 23.8. The topological polar surface area (TPSA) is 175 Å².